The zero-order chi connectivity index (χ0) is 10.1. The van der Waals surface area contributed by atoms with Gasteiger partial charge < -0.3 is 16.2 Å². The van der Waals surface area contributed by atoms with Crippen molar-refractivity contribution in [2.24, 2.45) is 5.92 Å². The first-order valence-corrected chi connectivity index (χ1v) is 4.67. The molecule has 0 spiro atoms. The monoisotopic (exact) mass is 194 g/mol. The van der Waals surface area contributed by atoms with Crippen molar-refractivity contribution in [2.75, 3.05) is 17.7 Å². The molecule has 1 saturated carbocycles. The van der Waals surface area contributed by atoms with Gasteiger partial charge in [-0.25, -0.2) is 4.98 Å². The number of nitrogen functional groups attached to an aromatic ring is 1. The van der Waals surface area contributed by atoms with Crippen LogP contribution in [0.3, 0.4) is 0 Å². The maximum Gasteiger partial charge on any atom is 0.222 e. The molecule has 0 radical (unpaired) electrons. The van der Waals surface area contributed by atoms with Gasteiger partial charge in [-0.3, -0.25) is 0 Å². The van der Waals surface area contributed by atoms with Crippen LogP contribution >= 0.6 is 0 Å². The van der Waals surface area contributed by atoms with Crippen molar-refractivity contribution in [3.05, 3.63) is 11.8 Å². The lowest BCUT2D eigenvalue weighted by Gasteiger charge is -2.05. The Balaban J connectivity index is 2.03. The Hall–Kier alpha value is -1.36. The molecule has 5 heteroatoms. The first kappa shape index (κ1) is 9.21. The molecule has 76 valence electrons. The van der Waals surface area contributed by atoms with Crippen molar-refractivity contribution in [3.63, 3.8) is 0 Å². The molecule has 1 heterocycles. The number of aliphatic hydroxyl groups is 1. The predicted octanol–water partition coefficient (Wildman–Crippen LogP) is 0.160. The van der Waals surface area contributed by atoms with Crippen molar-refractivity contribution in [3.8, 4) is 0 Å². The Bertz CT molecular complexity index is 321. The molecule has 0 aromatic carbocycles. The fourth-order valence-corrected chi connectivity index (χ4v) is 1.48. The second-order valence-corrected chi connectivity index (χ2v) is 3.68. The van der Waals surface area contributed by atoms with Crippen molar-refractivity contribution < 1.29 is 5.11 Å². The van der Waals surface area contributed by atoms with Crippen LogP contribution in [0.5, 0.6) is 0 Å². The van der Waals surface area contributed by atoms with E-state index in [-0.39, 0.29) is 12.6 Å². The molecule has 2 rings (SSSR count). The Labute approximate surface area is 82.4 Å². The van der Waals surface area contributed by atoms with Gasteiger partial charge in [0.25, 0.3) is 0 Å². The molecule has 1 aliphatic carbocycles. The molecule has 0 bridgehead atoms. The SMILES string of the molecule is Cc1cc(NC2CC2CO)nc(N)n1. The van der Waals surface area contributed by atoms with Gasteiger partial charge in [0.15, 0.2) is 0 Å². The van der Waals surface area contributed by atoms with Crippen LogP contribution in [0.2, 0.25) is 0 Å². The summed E-state index contributed by atoms with van der Waals surface area (Å²) in [5.74, 6) is 1.40. The lowest BCUT2D eigenvalue weighted by molar-refractivity contribution is 0.275. The average Bonchev–Trinajstić information content (AvgIpc) is 2.81. The molecular weight excluding hydrogens is 180 g/mol. The Morgan fingerprint density at radius 1 is 1.64 bits per heavy atom. The number of aromatic nitrogens is 2. The largest absolute Gasteiger partial charge is 0.396 e. The summed E-state index contributed by atoms with van der Waals surface area (Å²) in [6.07, 6.45) is 0.999. The highest BCUT2D eigenvalue weighted by atomic mass is 16.3. The lowest BCUT2D eigenvalue weighted by atomic mass is 10.4. The molecule has 0 amide bonds. The molecule has 2 unspecified atom stereocenters. The first-order chi connectivity index (χ1) is 6.69. The second kappa shape index (κ2) is 3.42. The number of hydrogen-bond donors (Lipinski definition) is 3. The third-order valence-electron chi connectivity index (χ3n) is 2.36. The smallest absolute Gasteiger partial charge is 0.222 e. The van der Waals surface area contributed by atoms with Crippen molar-refractivity contribution in [2.45, 2.75) is 19.4 Å². The molecule has 2 atom stereocenters. The average molecular weight is 194 g/mol. The van der Waals surface area contributed by atoms with Crippen LogP contribution in [0.25, 0.3) is 0 Å². The summed E-state index contributed by atoms with van der Waals surface area (Å²) >= 11 is 0. The minimum absolute atomic E-state index is 0.233. The maximum absolute atomic E-state index is 8.87. The van der Waals surface area contributed by atoms with Gasteiger partial charge >= 0.3 is 0 Å². The second-order valence-electron chi connectivity index (χ2n) is 3.68. The molecule has 1 aromatic rings. The summed E-state index contributed by atoms with van der Waals surface area (Å²) in [5.41, 5.74) is 6.36. The molecular formula is C9H14N4O. The number of nitrogens with two attached hydrogens (primary N) is 1. The minimum atomic E-state index is 0.233. The maximum atomic E-state index is 8.87. The third-order valence-corrected chi connectivity index (χ3v) is 2.36. The van der Waals surface area contributed by atoms with Gasteiger partial charge in [-0.1, -0.05) is 0 Å². The van der Waals surface area contributed by atoms with E-state index in [1.165, 1.54) is 0 Å². The van der Waals surface area contributed by atoms with E-state index < -0.39 is 0 Å². The summed E-state index contributed by atoms with van der Waals surface area (Å²) in [7, 11) is 0. The summed E-state index contributed by atoms with van der Waals surface area (Å²) in [6.45, 7) is 2.11. The molecule has 5 nitrogen and oxygen atoms in total. The van der Waals surface area contributed by atoms with Crippen LogP contribution in [0, 0.1) is 12.8 Å². The van der Waals surface area contributed by atoms with Gasteiger partial charge in [-0.05, 0) is 13.3 Å². The predicted molar refractivity (Wildman–Crippen MR) is 53.8 cm³/mol. The van der Waals surface area contributed by atoms with Gasteiger partial charge in [-0.2, -0.15) is 4.98 Å². The van der Waals surface area contributed by atoms with E-state index in [1.807, 2.05) is 13.0 Å². The minimum Gasteiger partial charge on any atom is -0.396 e. The topological polar surface area (TPSA) is 84.1 Å². The lowest BCUT2D eigenvalue weighted by Crippen LogP contribution is -2.09. The summed E-state index contributed by atoms with van der Waals surface area (Å²) in [5, 5.41) is 12.1. The van der Waals surface area contributed by atoms with Gasteiger partial charge in [0, 0.05) is 30.3 Å². The quantitative estimate of drug-likeness (QED) is 0.638. The number of nitrogens with zero attached hydrogens (tertiary/aromatic N) is 2. The zero-order valence-corrected chi connectivity index (χ0v) is 8.07. The number of hydrogen-bond acceptors (Lipinski definition) is 5. The molecule has 1 fully saturated rings. The van der Waals surface area contributed by atoms with Gasteiger partial charge in [-0.15, -0.1) is 0 Å². The van der Waals surface area contributed by atoms with E-state index in [9.17, 15) is 0 Å². The fraction of sp³-hybridized carbons (Fsp3) is 0.556. The van der Waals surface area contributed by atoms with E-state index in [1.54, 1.807) is 0 Å². The van der Waals surface area contributed by atoms with E-state index in [4.69, 9.17) is 10.8 Å². The van der Waals surface area contributed by atoms with Crippen LogP contribution in [0.4, 0.5) is 11.8 Å². The highest BCUT2D eigenvalue weighted by Gasteiger charge is 2.36. The van der Waals surface area contributed by atoms with E-state index >= 15 is 0 Å². The number of anilines is 2. The Morgan fingerprint density at radius 3 is 3.00 bits per heavy atom. The number of aryl methyl sites for hydroxylation is 1. The number of nitrogens with one attached hydrogen (secondary N) is 1. The van der Waals surface area contributed by atoms with Crippen LogP contribution in [0.15, 0.2) is 6.07 Å². The van der Waals surface area contributed by atoms with Crippen LogP contribution in [-0.2, 0) is 0 Å². The van der Waals surface area contributed by atoms with Crippen molar-refractivity contribution >= 4 is 11.8 Å². The molecule has 4 N–H and O–H groups in total. The van der Waals surface area contributed by atoms with E-state index in [0.29, 0.717) is 12.0 Å². The standard InChI is InChI=1S/C9H14N4O/c1-5-2-8(13-9(10)11-5)12-7-3-6(7)4-14/h2,6-7,14H,3-4H2,1H3,(H3,10,11,12,13). The van der Waals surface area contributed by atoms with E-state index in [0.717, 1.165) is 17.9 Å². The normalized spacial score (nSPS) is 24.7. The van der Waals surface area contributed by atoms with Crippen LogP contribution < -0.4 is 11.1 Å². The first-order valence-electron chi connectivity index (χ1n) is 4.67. The number of rotatable bonds is 3. The molecule has 0 saturated heterocycles. The molecule has 14 heavy (non-hydrogen) atoms. The van der Waals surface area contributed by atoms with Crippen molar-refractivity contribution in [1.82, 2.24) is 9.97 Å². The van der Waals surface area contributed by atoms with Crippen molar-refractivity contribution in [1.29, 1.82) is 0 Å². The van der Waals surface area contributed by atoms with Crippen LogP contribution in [0.1, 0.15) is 12.1 Å². The summed E-state index contributed by atoms with van der Waals surface area (Å²) < 4.78 is 0. The summed E-state index contributed by atoms with van der Waals surface area (Å²) in [6, 6.07) is 2.19. The van der Waals surface area contributed by atoms with Gasteiger partial charge in [0.2, 0.25) is 5.95 Å². The Kier molecular flexibility index (Phi) is 2.25. The summed E-state index contributed by atoms with van der Waals surface area (Å²) in [4.78, 5) is 8.04. The highest BCUT2D eigenvalue weighted by molar-refractivity contribution is 5.42. The molecule has 1 aromatic heterocycles. The molecule has 0 aliphatic heterocycles. The third kappa shape index (κ3) is 1.93. The van der Waals surface area contributed by atoms with E-state index in [2.05, 4.69) is 15.3 Å². The number of aliphatic hydroxyl groups excluding tert-OH is 1. The van der Waals surface area contributed by atoms with Gasteiger partial charge in [0.1, 0.15) is 5.82 Å². The highest BCUT2D eigenvalue weighted by Crippen LogP contribution is 2.32. The fourth-order valence-electron chi connectivity index (χ4n) is 1.48. The molecule has 1 aliphatic rings. The zero-order valence-electron chi connectivity index (χ0n) is 8.07. The Morgan fingerprint density at radius 2 is 2.43 bits per heavy atom. The van der Waals surface area contributed by atoms with Crippen LogP contribution in [-0.4, -0.2) is 27.7 Å². The van der Waals surface area contributed by atoms with Gasteiger partial charge in [0.05, 0.1) is 0 Å².